The van der Waals surface area contributed by atoms with E-state index in [2.05, 4.69) is 37.9 Å². The average Bonchev–Trinajstić information content (AvgIpc) is 3.07. The summed E-state index contributed by atoms with van der Waals surface area (Å²) in [5.74, 6) is 0. The number of hydrogen-bond donors (Lipinski definition) is 1. The van der Waals surface area contributed by atoms with Crippen LogP contribution >= 0.6 is 0 Å². The quantitative estimate of drug-likeness (QED) is 0.650. The van der Waals surface area contributed by atoms with Gasteiger partial charge in [0, 0.05) is 24.7 Å². The first-order chi connectivity index (χ1) is 7.69. The minimum absolute atomic E-state index is 0.676. The minimum Gasteiger partial charge on any atom is -0.313 e. The number of hydrogen-bond acceptors (Lipinski definition) is 2. The molecule has 96 valence electrons. The van der Waals surface area contributed by atoms with Crippen molar-refractivity contribution in [2.24, 2.45) is 0 Å². The molecule has 0 heterocycles. The molecule has 0 aromatic rings. The highest BCUT2D eigenvalue weighted by Crippen LogP contribution is 2.28. The third-order valence-corrected chi connectivity index (χ3v) is 3.55. The summed E-state index contributed by atoms with van der Waals surface area (Å²) in [6.07, 6.45) is 6.71. The van der Waals surface area contributed by atoms with Crippen LogP contribution in [0.15, 0.2) is 0 Å². The summed E-state index contributed by atoms with van der Waals surface area (Å²) in [6, 6.07) is 2.28. The lowest BCUT2D eigenvalue weighted by atomic mass is 10.2. The van der Waals surface area contributed by atoms with E-state index in [0.717, 1.165) is 12.6 Å². The lowest BCUT2D eigenvalue weighted by Gasteiger charge is -2.30. The van der Waals surface area contributed by atoms with Crippen LogP contribution in [0.4, 0.5) is 0 Å². The fraction of sp³-hybridized carbons (Fsp3) is 1.00. The van der Waals surface area contributed by atoms with Crippen LogP contribution < -0.4 is 5.32 Å². The van der Waals surface area contributed by atoms with Gasteiger partial charge < -0.3 is 5.32 Å². The Bertz CT molecular complexity index is 178. The normalized spacial score (nSPS) is 20.1. The van der Waals surface area contributed by atoms with Gasteiger partial charge in [0.2, 0.25) is 0 Å². The summed E-state index contributed by atoms with van der Waals surface area (Å²) >= 11 is 0. The van der Waals surface area contributed by atoms with E-state index in [4.69, 9.17) is 0 Å². The van der Waals surface area contributed by atoms with E-state index < -0.39 is 0 Å². The summed E-state index contributed by atoms with van der Waals surface area (Å²) in [7, 11) is 0. The van der Waals surface area contributed by atoms with Crippen molar-refractivity contribution in [1.82, 2.24) is 10.2 Å². The van der Waals surface area contributed by atoms with E-state index in [0.29, 0.717) is 12.1 Å². The zero-order valence-electron chi connectivity index (χ0n) is 11.6. The molecule has 0 bridgehead atoms. The summed E-state index contributed by atoms with van der Waals surface area (Å²) in [6.45, 7) is 11.6. The molecule has 1 aliphatic rings. The molecule has 1 N–H and O–H groups in total. The van der Waals surface area contributed by atoms with Crippen LogP contribution in [0.3, 0.4) is 0 Å². The molecule has 16 heavy (non-hydrogen) atoms. The van der Waals surface area contributed by atoms with E-state index in [1.54, 1.807) is 0 Å². The molecule has 1 aliphatic carbocycles. The molecule has 2 unspecified atom stereocenters. The summed E-state index contributed by atoms with van der Waals surface area (Å²) in [5, 5.41) is 3.66. The second kappa shape index (κ2) is 7.29. The lowest BCUT2D eigenvalue weighted by molar-refractivity contribution is 0.191. The van der Waals surface area contributed by atoms with Crippen LogP contribution in [0.5, 0.6) is 0 Å². The number of nitrogens with zero attached hydrogens (tertiary/aromatic N) is 1. The van der Waals surface area contributed by atoms with Crippen molar-refractivity contribution < 1.29 is 0 Å². The van der Waals surface area contributed by atoms with Crippen molar-refractivity contribution >= 4 is 0 Å². The highest BCUT2D eigenvalue weighted by Gasteiger charge is 2.31. The van der Waals surface area contributed by atoms with Gasteiger partial charge in [0.15, 0.2) is 0 Å². The molecule has 0 amide bonds. The molecule has 0 radical (unpaired) electrons. The molecule has 1 rings (SSSR count). The fourth-order valence-electron chi connectivity index (χ4n) is 2.45. The zero-order valence-corrected chi connectivity index (χ0v) is 11.6. The molecule has 0 aromatic heterocycles. The number of nitrogens with one attached hydrogen (secondary N) is 1. The van der Waals surface area contributed by atoms with Gasteiger partial charge in [0.25, 0.3) is 0 Å². The second-order valence-corrected chi connectivity index (χ2v) is 5.42. The van der Waals surface area contributed by atoms with E-state index >= 15 is 0 Å². The molecule has 0 aromatic carbocycles. The van der Waals surface area contributed by atoms with Gasteiger partial charge in [-0.2, -0.15) is 0 Å². The Balaban J connectivity index is 2.22. The maximum atomic E-state index is 3.66. The van der Waals surface area contributed by atoms with Gasteiger partial charge in [-0.25, -0.2) is 0 Å². The highest BCUT2D eigenvalue weighted by molar-refractivity contribution is 4.88. The summed E-state index contributed by atoms with van der Waals surface area (Å²) in [5.41, 5.74) is 0. The van der Waals surface area contributed by atoms with E-state index in [-0.39, 0.29) is 0 Å². The molecule has 0 saturated heterocycles. The predicted octanol–water partition coefficient (Wildman–Crippen LogP) is 3.03. The summed E-state index contributed by atoms with van der Waals surface area (Å²) in [4.78, 5) is 2.70. The third-order valence-electron chi connectivity index (χ3n) is 3.55. The first-order valence-electron chi connectivity index (χ1n) is 7.18. The van der Waals surface area contributed by atoms with Gasteiger partial charge in [-0.05, 0) is 46.1 Å². The molecule has 0 spiro atoms. The molecule has 2 nitrogen and oxygen atoms in total. The van der Waals surface area contributed by atoms with Gasteiger partial charge in [-0.15, -0.1) is 0 Å². The molecular weight excluding hydrogens is 196 g/mol. The highest BCUT2D eigenvalue weighted by atomic mass is 15.2. The van der Waals surface area contributed by atoms with Crippen LogP contribution in [0.2, 0.25) is 0 Å². The molecule has 1 saturated carbocycles. The Morgan fingerprint density at radius 2 is 1.88 bits per heavy atom. The Hall–Kier alpha value is -0.0800. The second-order valence-electron chi connectivity index (χ2n) is 5.42. The lowest BCUT2D eigenvalue weighted by Crippen LogP contribution is -2.44. The maximum absolute atomic E-state index is 3.66. The van der Waals surface area contributed by atoms with E-state index in [1.165, 1.54) is 38.6 Å². The largest absolute Gasteiger partial charge is 0.313 e. The van der Waals surface area contributed by atoms with Gasteiger partial charge >= 0.3 is 0 Å². The van der Waals surface area contributed by atoms with E-state index in [9.17, 15) is 0 Å². The summed E-state index contributed by atoms with van der Waals surface area (Å²) < 4.78 is 0. The molecule has 2 atom stereocenters. The zero-order chi connectivity index (χ0) is 12.0. The average molecular weight is 226 g/mol. The minimum atomic E-state index is 0.676. The van der Waals surface area contributed by atoms with E-state index in [1.807, 2.05) is 0 Å². The smallest absolute Gasteiger partial charge is 0.0195 e. The van der Waals surface area contributed by atoms with Crippen LogP contribution in [0.25, 0.3) is 0 Å². The molecule has 0 aliphatic heterocycles. The van der Waals surface area contributed by atoms with Crippen molar-refractivity contribution in [2.75, 3.05) is 13.1 Å². The molecular formula is C14H30N2. The monoisotopic (exact) mass is 226 g/mol. The van der Waals surface area contributed by atoms with Crippen LogP contribution in [0, 0.1) is 0 Å². The molecule has 1 fully saturated rings. The first-order valence-corrected chi connectivity index (χ1v) is 7.18. The van der Waals surface area contributed by atoms with Crippen molar-refractivity contribution in [3.8, 4) is 0 Å². The van der Waals surface area contributed by atoms with Gasteiger partial charge in [-0.1, -0.05) is 20.3 Å². The predicted molar refractivity (Wildman–Crippen MR) is 71.9 cm³/mol. The first kappa shape index (κ1) is 14.0. The van der Waals surface area contributed by atoms with Gasteiger partial charge in [-0.3, -0.25) is 4.90 Å². The number of rotatable bonds is 9. The van der Waals surface area contributed by atoms with Crippen molar-refractivity contribution in [3.05, 3.63) is 0 Å². The Labute approximate surface area is 102 Å². The maximum Gasteiger partial charge on any atom is 0.0195 e. The topological polar surface area (TPSA) is 15.3 Å². The SMILES string of the molecule is CCCC(C)NCC(C)N(CCC)C1CC1. The standard InChI is InChI=1S/C14H30N2/c1-5-7-12(3)15-11-13(4)16(10-6-2)14-8-9-14/h12-15H,5-11H2,1-4H3. The van der Waals surface area contributed by atoms with Gasteiger partial charge in [0.05, 0.1) is 0 Å². The molecule has 2 heteroatoms. The van der Waals surface area contributed by atoms with Gasteiger partial charge in [0.1, 0.15) is 0 Å². The van der Waals surface area contributed by atoms with Crippen LogP contribution in [-0.2, 0) is 0 Å². The third kappa shape index (κ3) is 4.84. The Kier molecular flexibility index (Phi) is 6.37. The van der Waals surface area contributed by atoms with Crippen molar-refractivity contribution in [2.45, 2.75) is 77.9 Å². The van der Waals surface area contributed by atoms with Crippen molar-refractivity contribution in [1.29, 1.82) is 0 Å². The fourth-order valence-corrected chi connectivity index (χ4v) is 2.45. The Morgan fingerprint density at radius 1 is 1.19 bits per heavy atom. The van der Waals surface area contributed by atoms with Crippen LogP contribution in [0.1, 0.15) is 59.8 Å². The Morgan fingerprint density at radius 3 is 2.38 bits per heavy atom. The van der Waals surface area contributed by atoms with Crippen molar-refractivity contribution in [3.63, 3.8) is 0 Å². The van der Waals surface area contributed by atoms with Crippen LogP contribution in [-0.4, -0.2) is 36.1 Å².